The Balaban J connectivity index is 1.46. The van der Waals surface area contributed by atoms with Gasteiger partial charge in [0.1, 0.15) is 10.8 Å². The van der Waals surface area contributed by atoms with Crippen LogP contribution in [0.5, 0.6) is 0 Å². The molecule has 2 saturated carbocycles. The quantitative estimate of drug-likeness (QED) is 0.679. The number of fused-ring (bicyclic) bond motifs is 1. The van der Waals surface area contributed by atoms with Crippen LogP contribution in [-0.2, 0) is 4.79 Å². The lowest BCUT2D eigenvalue weighted by atomic mass is 9.95. The van der Waals surface area contributed by atoms with Gasteiger partial charge in [-0.3, -0.25) is 9.59 Å². The number of carbonyl (C=O) groups is 2. The van der Waals surface area contributed by atoms with Gasteiger partial charge >= 0.3 is 5.97 Å². The normalized spacial score (nSPS) is 26.8. The molecule has 28 heavy (non-hydrogen) atoms. The summed E-state index contributed by atoms with van der Waals surface area (Å²) in [7, 11) is 0. The Morgan fingerprint density at radius 1 is 1.21 bits per heavy atom. The number of anilines is 1. The van der Waals surface area contributed by atoms with Crippen molar-refractivity contribution in [3.8, 4) is 0 Å². The molecular formula is C21H29N3O3S. The standard InChI is InChI=1S/C21H29N3O3S/c1-2-10-28-20-14(19(25)22-13-6-4-3-5-7-13)8-9-17(23-20)24-11-15-16(12-24)18(15)21(26)27/h8-9,13,15-16,18H,2-7,10-12H2,1H3,(H,22,25)(H,26,27)/t15-,16+,18?. The number of carboxylic acid groups (broad SMARTS) is 1. The maximum atomic E-state index is 12.9. The summed E-state index contributed by atoms with van der Waals surface area (Å²) in [6.07, 6.45) is 6.80. The number of thioether (sulfide) groups is 1. The number of amides is 1. The highest BCUT2D eigenvalue weighted by atomic mass is 32.2. The average Bonchev–Trinajstić information content (AvgIpc) is 3.22. The number of nitrogens with zero attached hydrogens (tertiary/aromatic N) is 2. The summed E-state index contributed by atoms with van der Waals surface area (Å²) < 4.78 is 0. The molecular weight excluding hydrogens is 374 g/mol. The van der Waals surface area contributed by atoms with Gasteiger partial charge in [0, 0.05) is 19.1 Å². The first-order chi connectivity index (χ1) is 13.6. The van der Waals surface area contributed by atoms with E-state index in [0.717, 1.165) is 48.9 Å². The topological polar surface area (TPSA) is 82.5 Å². The number of aromatic nitrogens is 1. The second kappa shape index (κ2) is 8.31. The van der Waals surface area contributed by atoms with Crippen molar-refractivity contribution in [3.05, 3.63) is 17.7 Å². The molecule has 0 bridgehead atoms. The van der Waals surface area contributed by atoms with E-state index in [-0.39, 0.29) is 29.7 Å². The van der Waals surface area contributed by atoms with Crippen LogP contribution in [0.4, 0.5) is 5.82 Å². The Labute approximate surface area is 170 Å². The van der Waals surface area contributed by atoms with Crippen molar-refractivity contribution in [2.75, 3.05) is 23.7 Å². The van der Waals surface area contributed by atoms with Crippen LogP contribution in [0, 0.1) is 17.8 Å². The summed E-state index contributed by atoms with van der Waals surface area (Å²) in [5.41, 5.74) is 0.667. The predicted molar refractivity (Wildman–Crippen MR) is 110 cm³/mol. The molecule has 1 aliphatic heterocycles. The van der Waals surface area contributed by atoms with Gasteiger partial charge in [-0.15, -0.1) is 11.8 Å². The zero-order chi connectivity index (χ0) is 19.7. The van der Waals surface area contributed by atoms with Gasteiger partial charge in [0.15, 0.2) is 0 Å². The molecule has 3 atom stereocenters. The number of pyridine rings is 1. The third-order valence-electron chi connectivity index (χ3n) is 6.28. The number of hydrogen-bond donors (Lipinski definition) is 2. The first-order valence-corrected chi connectivity index (χ1v) is 11.5. The van der Waals surface area contributed by atoms with Crippen molar-refractivity contribution in [2.24, 2.45) is 17.8 Å². The maximum absolute atomic E-state index is 12.9. The van der Waals surface area contributed by atoms with E-state index in [1.807, 2.05) is 12.1 Å². The molecule has 1 saturated heterocycles. The van der Waals surface area contributed by atoms with Crippen LogP contribution in [0.1, 0.15) is 55.8 Å². The monoisotopic (exact) mass is 403 g/mol. The molecule has 3 fully saturated rings. The predicted octanol–water partition coefficient (Wildman–Crippen LogP) is 3.41. The summed E-state index contributed by atoms with van der Waals surface area (Å²) in [5.74, 6) is 1.43. The van der Waals surface area contributed by atoms with Gasteiger partial charge in [0.25, 0.3) is 5.91 Å². The third kappa shape index (κ3) is 4.00. The minimum atomic E-state index is -0.670. The van der Waals surface area contributed by atoms with Crippen molar-refractivity contribution in [3.63, 3.8) is 0 Å². The third-order valence-corrected chi connectivity index (χ3v) is 7.47. The van der Waals surface area contributed by atoms with E-state index in [4.69, 9.17) is 4.98 Å². The van der Waals surface area contributed by atoms with Gasteiger partial charge < -0.3 is 15.3 Å². The second-order valence-corrected chi connectivity index (χ2v) is 9.36. The Morgan fingerprint density at radius 2 is 1.93 bits per heavy atom. The fourth-order valence-corrected chi connectivity index (χ4v) is 5.55. The van der Waals surface area contributed by atoms with E-state index in [2.05, 4.69) is 17.1 Å². The lowest BCUT2D eigenvalue weighted by molar-refractivity contribution is -0.139. The summed E-state index contributed by atoms with van der Waals surface area (Å²) in [4.78, 5) is 31.0. The van der Waals surface area contributed by atoms with E-state index in [1.165, 1.54) is 19.3 Å². The van der Waals surface area contributed by atoms with E-state index < -0.39 is 5.97 Å². The molecule has 4 rings (SSSR count). The largest absolute Gasteiger partial charge is 0.481 e. The first-order valence-electron chi connectivity index (χ1n) is 10.5. The van der Waals surface area contributed by atoms with Gasteiger partial charge in [-0.2, -0.15) is 0 Å². The molecule has 6 nitrogen and oxygen atoms in total. The van der Waals surface area contributed by atoms with Gasteiger partial charge in [-0.05, 0) is 49.0 Å². The zero-order valence-corrected chi connectivity index (χ0v) is 17.2. The van der Waals surface area contributed by atoms with Crippen molar-refractivity contribution in [2.45, 2.75) is 56.5 Å². The number of aliphatic carboxylic acids is 1. The molecule has 2 heterocycles. The molecule has 2 N–H and O–H groups in total. The van der Waals surface area contributed by atoms with E-state index in [9.17, 15) is 14.7 Å². The number of rotatable bonds is 7. The highest BCUT2D eigenvalue weighted by Crippen LogP contribution is 2.52. The van der Waals surface area contributed by atoms with Crippen LogP contribution in [0.3, 0.4) is 0 Å². The highest BCUT2D eigenvalue weighted by Gasteiger charge is 2.60. The summed E-state index contributed by atoms with van der Waals surface area (Å²) in [5, 5.41) is 13.2. The zero-order valence-electron chi connectivity index (χ0n) is 16.4. The van der Waals surface area contributed by atoms with Crippen molar-refractivity contribution in [1.29, 1.82) is 0 Å². The summed E-state index contributed by atoms with van der Waals surface area (Å²) in [6.45, 7) is 3.62. The summed E-state index contributed by atoms with van der Waals surface area (Å²) in [6, 6.07) is 4.10. The van der Waals surface area contributed by atoms with Crippen LogP contribution in [0.15, 0.2) is 17.2 Å². The molecule has 3 aliphatic rings. The second-order valence-electron chi connectivity index (χ2n) is 8.28. The van der Waals surface area contributed by atoms with Crippen LogP contribution < -0.4 is 10.2 Å². The van der Waals surface area contributed by atoms with Crippen LogP contribution >= 0.6 is 11.8 Å². The van der Waals surface area contributed by atoms with Crippen LogP contribution in [-0.4, -0.2) is 46.9 Å². The minimum absolute atomic E-state index is 0.0141. The Hall–Kier alpha value is -1.76. The van der Waals surface area contributed by atoms with Crippen LogP contribution in [0.25, 0.3) is 0 Å². The van der Waals surface area contributed by atoms with Gasteiger partial charge in [-0.1, -0.05) is 26.2 Å². The molecule has 1 unspecified atom stereocenters. The molecule has 7 heteroatoms. The van der Waals surface area contributed by atoms with Gasteiger partial charge in [0.05, 0.1) is 11.5 Å². The number of carboxylic acids is 1. The number of hydrogen-bond acceptors (Lipinski definition) is 5. The molecule has 1 amide bonds. The smallest absolute Gasteiger partial charge is 0.307 e. The molecule has 0 aromatic carbocycles. The molecule has 0 spiro atoms. The fourth-order valence-electron chi connectivity index (χ4n) is 4.68. The Kier molecular flexibility index (Phi) is 5.80. The molecule has 152 valence electrons. The number of carbonyl (C=O) groups excluding carboxylic acids is 1. The van der Waals surface area contributed by atoms with E-state index in [0.29, 0.717) is 5.56 Å². The lowest BCUT2D eigenvalue weighted by Gasteiger charge is -2.24. The lowest BCUT2D eigenvalue weighted by Crippen LogP contribution is -2.36. The summed E-state index contributed by atoms with van der Waals surface area (Å²) >= 11 is 1.64. The molecule has 1 aromatic heterocycles. The van der Waals surface area contributed by atoms with Crippen molar-refractivity contribution in [1.82, 2.24) is 10.3 Å². The average molecular weight is 404 g/mol. The van der Waals surface area contributed by atoms with E-state index in [1.54, 1.807) is 11.8 Å². The van der Waals surface area contributed by atoms with Gasteiger partial charge in [0.2, 0.25) is 0 Å². The minimum Gasteiger partial charge on any atom is -0.481 e. The Bertz CT molecular complexity index is 738. The van der Waals surface area contributed by atoms with Crippen molar-refractivity contribution < 1.29 is 14.7 Å². The number of piperidine rings is 1. The number of nitrogens with one attached hydrogen (secondary N) is 1. The van der Waals surface area contributed by atoms with Crippen molar-refractivity contribution >= 4 is 29.5 Å². The fraction of sp³-hybridized carbons (Fsp3) is 0.667. The molecule has 1 aromatic rings. The molecule has 2 aliphatic carbocycles. The SMILES string of the molecule is CCCSc1nc(N2C[C@@H]3C(C(=O)O)[C@@H]3C2)ccc1C(=O)NC1CCCCC1. The van der Waals surface area contributed by atoms with E-state index >= 15 is 0 Å². The molecule has 0 radical (unpaired) electrons. The maximum Gasteiger partial charge on any atom is 0.307 e. The first kappa shape index (κ1) is 19.6. The van der Waals surface area contributed by atoms with Crippen LogP contribution in [0.2, 0.25) is 0 Å². The van der Waals surface area contributed by atoms with Gasteiger partial charge in [-0.25, -0.2) is 4.98 Å². The Morgan fingerprint density at radius 3 is 2.57 bits per heavy atom. The highest BCUT2D eigenvalue weighted by molar-refractivity contribution is 7.99.